The smallest absolute Gasteiger partial charge is 0.163 e. The predicted octanol–water partition coefficient (Wildman–Crippen LogP) is 7.16. The lowest BCUT2D eigenvalue weighted by Crippen LogP contribution is -2.09. The van der Waals surface area contributed by atoms with Crippen LogP contribution in [0, 0.1) is 34.3 Å². The Morgan fingerprint density at radius 1 is 0.808 bits per heavy atom. The highest BCUT2D eigenvalue weighted by atomic mass is 79.9. The third-order valence-corrected chi connectivity index (χ3v) is 9.90. The molecule has 12 nitrogen and oxygen atoms in total. The number of aromatic nitrogens is 8. The van der Waals surface area contributed by atoms with E-state index in [1.165, 1.54) is 41.9 Å². The van der Waals surface area contributed by atoms with Crippen molar-refractivity contribution in [2.45, 2.75) is 59.7 Å². The molecule has 0 radical (unpaired) electrons. The first-order valence-electron chi connectivity index (χ1n) is 16.1. The summed E-state index contributed by atoms with van der Waals surface area (Å²) in [5.74, 6) is -1.22. The molecule has 0 aliphatic rings. The molecule has 1 atom stereocenters. The van der Waals surface area contributed by atoms with Gasteiger partial charge in [-0.25, -0.2) is 18.1 Å². The minimum atomic E-state index is -0.877. The molecule has 0 bridgehead atoms. The maximum absolute atomic E-state index is 13.6. The van der Waals surface area contributed by atoms with Gasteiger partial charge in [0.05, 0.1) is 41.3 Å². The van der Waals surface area contributed by atoms with Crippen molar-refractivity contribution in [3.8, 4) is 23.5 Å². The monoisotopic (exact) mass is 832 g/mol. The van der Waals surface area contributed by atoms with Crippen LogP contribution >= 0.6 is 31.9 Å². The molecule has 266 valence electrons. The molecule has 1 N–H and O–H groups in total. The van der Waals surface area contributed by atoms with Gasteiger partial charge in [0.2, 0.25) is 0 Å². The van der Waals surface area contributed by atoms with Crippen LogP contribution in [0.3, 0.4) is 0 Å². The zero-order valence-electron chi connectivity index (χ0n) is 28.5. The Morgan fingerprint density at radius 2 is 1.27 bits per heavy atom. The Labute approximate surface area is 314 Å². The van der Waals surface area contributed by atoms with E-state index >= 15 is 0 Å². The fourth-order valence-electron chi connectivity index (χ4n) is 5.53. The Balaban J connectivity index is 0.000000201. The van der Waals surface area contributed by atoms with Gasteiger partial charge < -0.3 is 5.11 Å². The molecular weight excluding hydrogens is 802 g/mol. The normalized spacial score (nSPS) is 11.4. The number of aliphatic hydroxyl groups excluding tert-OH is 1. The highest BCUT2D eigenvalue weighted by Crippen LogP contribution is 2.28. The standard InChI is InChI=1S/C18H17BrFN5O.C18H15BrFN5O/c2*1-3-24-18(19)12(10-22-24)6-15-8-14(9-21)23-25(15)17-5-4-13(20)7-16(17)11(2)26/h4-5,7-8,10-11,26H,3,6H2,1-2H3;4-5,7-8,10H,3,6H2,1-2H3. The maximum Gasteiger partial charge on any atom is 0.163 e. The second-order valence-corrected chi connectivity index (χ2v) is 13.1. The highest BCUT2D eigenvalue weighted by molar-refractivity contribution is 9.10. The van der Waals surface area contributed by atoms with Crippen LogP contribution in [0.1, 0.15) is 83.6 Å². The van der Waals surface area contributed by atoms with Crippen molar-refractivity contribution >= 4 is 37.6 Å². The number of carbonyl (C=O) groups excluding carboxylic acids is 1. The molecule has 6 aromatic rings. The molecular formula is C36H32Br2F2N10O2. The van der Waals surface area contributed by atoms with Crippen LogP contribution in [0.4, 0.5) is 8.78 Å². The third kappa shape index (κ3) is 8.10. The van der Waals surface area contributed by atoms with Gasteiger partial charge in [-0.05, 0) is 108 Å². The van der Waals surface area contributed by atoms with Gasteiger partial charge in [0.15, 0.2) is 17.2 Å². The lowest BCUT2D eigenvalue weighted by molar-refractivity contribution is 0.101. The third-order valence-electron chi connectivity index (χ3n) is 8.06. The minimum Gasteiger partial charge on any atom is -0.389 e. The number of aryl methyl sites for hydroxylation is 2. The molecule has 4 aromatic heterocycles. The van der Waals surface area contributed by atoms with Crippen LogP contribution < -0.4 is 0 Å². The highest BCUT2D eigenvalue weighted by Gasteiger charge is 2.20. The number of carbonyl (C=O) groups is 1. The summed E-state index contributed by atoms with van der Waals surface area (Å²) in [6, 6.07) is 15.5. The molecule has 0 amide bonds. The first-order valence-corrected chi connectivity index (χ1v) is 17.6. The second-order valence-electron chi connectivity index (χ2n) is 11.6. The quantitative estimate of drug-likeness (QED) is 0.143. The second kappa shape index (κ2) is 16.4. The van der Waals surface area contributed by atoms with Crippen molar-refractivity contribution in [3.05, 3.63) is 127 Å². The molecule has 0 fully saturated rings. The van der Waals surface area contributed by atoms with Crippen molar-refractivity contribution < 1.29 is 18.7 Å². The van der Waals surface area contributed by atoms with Crippen molar-refractivity contribution in [1.82, 2.24) is 39.1 Å². The average molecular weight is 835 g/mol. The largest absolute Gasteiger partial charge is 0.389 e. The van der Waals surface area contributed by atoms with Crippen LogP contribution in [0.15, 0.2) is 70.1 Å². The Kier molecular flexibility index (Phi) is 11.9. The molecule has 0 spiro atoms. The molecule has 16 heteroatoms. The van der Waals surface area contributed by atoms with Crippen molar-refractivity contribution in [2.24, 2.45) is 0 Å². The summed E-state index contributed by atoms with van der Waals surface area (Å²) in [5.41, 5.74) is 5.37. The van der Waals surface area contributed by atoms with Gasteiger partial charge in [-0.3, -0.25) is 14.2 Å². The lowest BCUT2D eigenvalue weighted by Gasteiger charge is -2.14. The fourth-order valence-corrected chi connectivity index (χ4v) is 6.70. The summed E-state index contributed by atoms with van der Waals surface area (Å²) in [7, 11) is 0. The summed E-state index contributed by atoms with van der Waals surface area (Å²) in [6.45, 7) is 8.36. The van der Waals surface area contributed by atoms with Crippen molar-refractivity contribution in [2.75, 3.05) is 0 Å². The summed E-state index contributed by atoms with van der Waals surface area (Å²) in [6.07, 6.45) is 3.55. The SMILES string of the molecule is CCn1ncc(Cc2cc(C#N)nn2-c2ccc(F)cc2C(C)=O)c1Br.CCn1ncc(Cc2cc(C#N)nn2-c2ccc(F)cc2C(C)O)c1Br. The number of Topliss-reactive ketones (excluding diaryl/α,β-unsaturated/α-hetero) is 1. The molecule has 0 aliphatic heterocycles. The molecule has 2 aromatic carbocycles. The van der Waals surface area contributed by atoms with E-state index in [-0.39, 0.29) is 22.7 Å². The molecule has 0 aliphatic carbocycles. The molecule has 1 unspecified atom stereocenters. The number of ketones is 1. The molecule has 0 saturated carbocycles. The van der Waals surface area contributed by atoms with Gasteiger partial charge in [-0.2, -0.15) is 30.9 Å². The lowest BCUT2D eigenvalue weighted by atomic mass is 10.1. The van der Waals surface area contributed by atoms with Crippen LogP contribution in [-0.2, 0) is 25.9 Å². The van der Waals surface area contributed by atoms with Gasteiger partial charge in [0, 0.05) is 48.2 Å². The number of hydrogen-bond acceptors (Lipinski definition) is 8. The number of hydrogen-bond donors (Lipinski definition) is 1. The predicted molar refractivity (Wildman–Crippen MR) is 194 cm³/mol. The van der Waals surface area contributed by atoms with Crippen LogP contribution in [-0.4, -0.2) is 50.0 Å². The Hall–Kier alpha value is -5.29. The van der Waals surface area contributed by atoms with Gasteiger partial charge in [0.1, 0.15) is 33.0 Å². The summed E-state index contributed by atoms with van der Waals surface area (Å²) >= 11 is 7.06. The first-order chi connectivity index (χ1) is 24.9. The number of aliphatic hydroxyl groups is 1. The van der Waals surface area contributed by atoms with Crippen LogP contribution in [0.2, 0.25) is 0 Å². The molecule has 4 heterocycles. The summed E-state index contributed by atoms with van der Waals surface area (Å²) in [5, 5.41) is 45.7. The fraction of sp³-hybridized carbons (Fsp3) is 0.250. The van der Waals surface area contributed by atoms with E-state index in [2.05, 4.69) is 52.3 Å². The Bertz CT molecular complexity index is 2340. The van der Waals surface area contributed by atoms with Crippen LogP contribution in [0.5, 0.6) is 0 Å². The maximum atomic E-state index is 13.6. The topological polar surface area (TPSA) is 156 Å². The zero-order chi connectivity index (χ0) is 37.7. The van der Waals surface area contributed by atoms with E-state index in [0.717, 1.165) is 39.1 Å². The van der Waals surface area contributed by atoms with E-state index < -0.39 is 17.7 Å². The number of nitriles is 2. The molecule has 52 heavy (non-hydrogen) atoms. The van der Waals surface area contributed by atoms with Crippen molar-refractivity contribution in [1.29, 1.82) is 10.5 Å². The Morgan fingerprint density at radius 3 is 1.69 bits per heavy atom. The van der Waals surface area contributed by atoms with Gasteiger partial charge in [-0.1, -0.05) is 0 Å². The first kappa shape index (κ1) is 38.0. The number of benzene rings is 2. The van der Waals surface area contributed by atoms with E-state index in [1.807, 2.05) is 30.7 Å². The molecule has 6 rings (SSSR count). The van der Waals surface area contributed by atoms with Crippen molar-refractivity contribution in [3.63, 3.8) is 0 Å². The van der Waals surface area contributed by atoms with Gasteiger partial charge in [-0.15, -0.1) is 0 Å². The van der Waals surface area contributed by atoms with Gasteiger partial charge in [0.25, 0.3) is 0 Å². The van der Waals surface area contributed by atoms with Crippen LogP contribution in [0.25, 0.3) is 11.4 Å². The van der Waals surface area contributed by atoms with E-state index in [9.17, 15) is 29.2 Å². The van der Waals surface area contributed by atoms with E-state index in [4.69, 9.17) is 0 Å². The average Bonchev–Trinajstić information content (AvgIpc) is 3.91. The molecule has 0 saturated heterocycles. The number of rotatable bonds is 10. The summed E-state index contributed by atoms with van der Waals surface area (Å²) < 4.78 is 35.6. The minimum absolute atomic E-state index is 0.210. The van der Waals surface area contributed by atoms with E-state index in [0.29, 0.717) is 35.5 Å². The van der Waals surface area contributed by atoms with Gasteiger partial charge >= 0.3 is 0 Å². The van der Waals surface area contributed by atoms with E-state index in [1.54, 1.807) is 46.9 Å². The number of halogens is 4. The summed E-state index contributed by atoms with van der Waals surface area (Å²) in [4.78, 5) is 11.9. The zero-order valence-corrected chi connectivity index (χ0v) is 31.7. The number of nitrogens with zero attached hydrogens (tertiary/aromatic N) is 10.